The molecule has 17 heavy (non-hydrogen) atoms. The zero-order valence-corrected chi connectivity index (χ0v) is 10.6. The molecule has 0 aromatic rings. The number of nitrogens with zero attached hydrogens (tertiary/aromatic N) is 2. The minimum Gasteiger partial charge on any atom is -0.395 e. The molecule has 1 saturated carbocycles. The summed E-state index contributed by atoms with van der Waals surface area (Å²) in [5.41, 5.74) is -0.803. The van der Waals surface area contributed by atoms with Crippen LogP contribution in [0.5, 0.6) is 0 Å². The van der Waals surface area contributed by atoms with Gasteiger partial charge in [0.1, 0.15) is 5.41 Å². The van der Waals surface area contributed by atoms with Crippen molar-refractivity contribution in [2.45, 2.75) is 45.4 Å². The Morgan fingerprint density at radius 3 is 2.53 bits per heavy atom. The van der Waals surface area contributed by atoms with Crippen LogP contribution in [0, 0.1) is 16.7 Å². The average molecular weight is 238 g/mol. The van der Waals surface area contributed by atoms with Crippen LogP contribution < -0.4 is 0 Å². The van der Waals surface area contributed by atoms with Crippen LogP contribution in [0.15, 0.2) is 0 Å². The van der Waals surface area contributed by atoms with Gasteiger partial charge in [0.15, 0.2) is 0 Å². The van der Waals surface area contributed by atoms with E-state index >= 15 is 0 Å². The van der Waals surface area contributed by atoms with Gasteiger partial charge in [-0.05, 0) is 19.3 Å². The van der Waals surface area contributed by atoms with Gasteiger partial charge in [-0.2, -0.15) is 5.26 Å². The van der Waals surface area contributed by atoms with E-state index in [1.165, 1.54) is 0 Å². The molecule has 0 spiro atoms. The summed E-state index contributed by atoms with van der Waals surface area (Å²) < 4.78 is 0. The molecule has 0 aromatic carbocycles. The molecule has 1 rings (SSSR count). The maximum atomic E-state index is 12.4. The molecule has 0 atom stereocenters. The molecular formula is C13H22N2O2. The maximum absolute atomic E-state index is 12.4. The highest BCUT2D eigenvalue weighted by molar-refractivity contribution is 5.85. The molecule has 1 aliphatic rings. The fourth-order valence-electron chi connectivity index (χ4n) is 2.44. The first kappa shape index (κ1) is 14.0. The second kappa shape index (κ2) is 6.61. The highest BCUT2D eigenvalue weighted by Crippen LogP contribution is 2.39. The van der Waals surface area contributed by atoms with Crippen molar-refractivity contribution in [2.75, 3.05) is 19.7 Å². The molecule has 4 nitrogen and oxygen atoms in total. The third-order valence-electron chi connectivity index (χ3n) is 3.52. The Morgan fingerprint density at radius 1 is 1.41 bits per heavy atom. The lowest BCUT2D eigenvalue weighted by Crippen LogP contribution is -2.43. The van der Waals surface area contributed by atoms with Gasteiger partial charge in [0.2, 0.25) is 5.91 Å². The zero-order chi connectivity index (χ0) is 12.7. The molecule has 0 radical (unpaired) electrons. The largest absolute Gasteiger partial charge is 0.395 e. The van der Waals surface area contributed by atoms with Crippen LogP contribution in [-0.4, -0.2) is 35.6 Å². The fraction of sp³-hybridized carbons (Fsp3) is 0.846. The van der Waals surface area contributed by atoms with Gasteiger partial charge in [-0.15, -0.1) is 0 Å². The Balaban J connectivity index is 2.71. The molecule has 1 fully saturated rings. The number of amides is 1. The predicted octanol–water partition coefficient (Wildman–Crippen LogP) is 1.69. The number of carbonyl (C=O) groups is 1. The molecule has 0 bridgehead atoms. The van der Waals surface area contributed by atoms with Gasteiger partial charge in [-0.3, -0.25) is 4.79 Å². The normalized spacial score (nSPS) is 17.7. The lowest BCUT2D eigenvalue weighted by molar-refractivity contribution is -0.139. The van der Waals surface area contributed by atoms with E-state index in [9.17, 15) is 10.1 Å². The standard InChI is InChI=1S/C13H22N2O2/c1-2-3-8-15(9-10-16)12(17)13(11-14)6-4-5-7-13/h16H,2-10H2,1H3. The number of aliphatic hydroxyl groups is 1. The maximum Gasteiger partial charge on any atom is 0.243 e. The highest BCUT2D eigenvalue weighted by atomic mass is 16.3. The van der Waals surface area contributed by atoms with Crippen molar-refractivity contribution in [3.8, 4) is 6.07 Å². The Hall–Kier alpha value is -1.08. The minimum absolute atomic E-state index is 0.0308. The summed E-state index contributed by atoms with van der Waals surface area (Å²) in [6, 6.07) is 2.22. The number of carbonyl (C=O) groups excluding carboxylic acids is 1. The monoisotopic (exact) mass is 238 g/mol. The smallest absolute Gasteiger partial charge is 0.243 e. The van der Waals surface area contributed by atoms with Crippen molar-refractivity contribution in [1.82, 2.24) is 4.90 Å². The Kier molecular flexibility index (Phi) is 5.43. The molecule has 0 aliphatic heterocycles. The fourth-order valence-corrected chi connectivity index (χ4v) is 2.44. The van der Waals surface area contributed by atoms with Crippen molar-refractivity contribution in [1.29, 1.82) is 5.26 Å². The van der Waals surface area contributed by atoms with E-state index < -0.39 is 5.41 Å². The van der Waals surface area contributed by atoms with Crippen LogP contribution in [0.1, 0.15) is 45.4 Å². The van der Waals surface area contributed by atoms with Crippen LogP contribution in [0.2, 0.25) is 0 Å². The first-order chi connectivity index (χ1) is 8.20. The van der Waals surface area contributed by atoms with Crippen LogP contribution in [-0.2, 0) is 4.79 Å². The molecule has 4 heteroatoms. The quantitative estimate of drug-likeness (QED) is 0.766. The minimum atomic E-state index is -0.803. The first-order valence-electron chi connectivity index (χ1n) is 6.51. The number of hydrogen-bond acceptors (Lipinski definition) is 3. The van der Waals surface area contributed by atoms with Crippen LogP contribution in [0.4, 0.5) is 0 Å². The first-order valence-corrected chi connectivity index (χ1v) is 6.51. The summed E-state index contributed by atoms with van der Waals surface area (Å²) in [5.74, 6) is -0.0694. The third-order valence-corrected chi connectivity index (χ3v) is 3.52. The molecule has 1 N–H and O–H groups in total. The van der Waals surface area contributed by atoms with E-state index in [-0.39, 0.29) is 12.5 Å². The average Bonchev–Trinajstić information content (AvgIpc) is 2.83. The Bertz CT molecular complexity index is 290. The summed E-state index contributed by atoms with van der Waals surface area (Å²) in [4.78, 5) is 14.1. The Morgan fingerprint density at radius 2 is 2.06 bits per heavy atom. The number of aliphatic hydroxyl groups excluding tert-OH is 1. The zero-order valence-electron chi connectivity index (χ0n) is 10.6. The number of rotatable bonds is 6. The Labute approximate surface area is 103 Å². The summed E-state index contributed by atoms with van der Waals surface area (Å²) >= 11 is 0. The molecule has 0 unspecified atom stereocenters. The van der Waals surface area contributed by atoms with Gasteiger partial charge in [-0.1, -0.05) is 26.2 Å². The molecular weight excluding hydrogens is 216 g/mol. The van der Waals surface area contributed by atoms with Gasteiger partial charge in [0.05, 0.1) is 12.7 Å². The van der Waals surface area contributed by atoms with Crippen LogP contribution in [0.3, 0.4) is 0 Å². The van der Waals surface area contributed by atoms with Gasteiger partial charge >= 0.3 is 0 Å². The van der Waals surface area contributed by atoms with E-state index in [2.05, 4.69) is 13.0 Å². The second-order valence-electron chi connectivity index (χ2n) is 4.77. The van der Waals surface area contributed by atoms with E-state index in [4.69, 9.17) is 5.11 Å². The predicted molar refractivity (Wildman–Crippen MR) is 65.1 cm³/mol. The SMILES string of the molecule is CCCCN(CCO)C(=O)C1(C#N)CCCC1. The van der Waals surface area contributed by atoms with E-state index in [0.717, 1.165) is 25.7 Å². The lowest BCUT2D eigenvalue weighted by Gasteiger charge is -2.29. The summed E-state index contributed by atoms with van der Waals surface area (Å²) in [7, 11) is 0. The van der Waals surface area contributed by atoms with Gasteiger partial charge in [0.25, 0.3) is 0 Å². The van der Waals surface area contributed by atoms with Gasteiger partial charge in [-0.25, -0.2) is 0 Å². The molecule has 1 amide bonds. The third kappa shape index (κ3) is 3.19. The summed E-state index contributed by atoms with van der Waals surface area (Å²) in [5, 5.41) is 18.3. The molecule has 1 aliphatic carbocycles. The van der Waals surface area contributed by atoms with E-state index in [1.807, 2.05) is 0 Å². The summed E-state index contributed by atoms with van der Waals surface area (Å²) in [6.45, 7) is 3.04. The van der Waals surface area contributed by atoms with E-state index in [0.29, 0.717) is 25.9 Å². The van der Waals surface area contributed by atoms with E-state index in [1.54, 1.807) is 4.90 Å². The number of nitriles is 1. The molecule has 96 valence electrons. The second-order valence-corrected chi connectivity index (χ2v) is 4.77. The topological polar surface area (TPSA) is 64.3 Å². The van der Waals surface area contributed by atoms with Crippen molar-refractivity contribution in [2.24, 2.45) is 5.41 Å². The summed E-state index contributed by atoms with van der Waals surface area (Å²) in [6.07, 6.45) is 5.20. The number of unbranched alkanes of at least 4 members (excludes halogenated alkanes) is 1. The van der Waals surface area contributed by atoms with Crippen molar-refractivity contribution in [3.63, 3.8) is 0 Å². The van der Waals surface area contributed by atoms with Gasteiger partial charge in [0, 0.05) is 13.1 Å². The van der Waals surface area contributed by atoms with Crippen LogP contribution >= 0.6 is 0 Å². The van der Waals surface area contributed by atoms with Crippen LogP contribution in [0.25, 0.3) is 0 Å². The highest BCUT2D eigenvalue weighted by Gasteiger charge is 2.43. The number of hydrogen-bond donors (Lipinski definition) is 1. The van der Waals surface area contributed by atoms with Crippen molar-refractivity contribution < 1.29 is 9.90 Å². The lowest BCUT2D eigenvalue weighted by atomic mass is 9.86. The van der Waals surface area contributed by atoms with Gasteiger partial charge < -0.3 is 10.0 Å². The molecule has 0 heterocycles. The molecule has 0 saturated heterocycles. The van der Waals surface area contributed by atoms with Crippen molar-refractivity contribution >= 4 is 5.91 Å². The molecule has 0 aromatic heterocycles. The van der Waals surface area contributed by atoms with Crippen molar-refractivity contribution in [3.05, 3.63) is 0 Å².